The summed E-state index contributed by atoms with van der Waals surface area (Å²) in [5.74, 6) is 0.649. The van der Waals surface area contributed by atoms with Gasteiger partial charge in [-0.1, -0.05) is 24.3 Å². The molecule has 4 aromatic rings. The van der Waals surface area contributed by atoms with Crippen molar-refractivity contribution in [2.45, 2.75) is 38.0 Å². The molecule has 9 heteroatoms. The maximum absolute atomic E-state index is 12.1. The van der Waals surface area contributed by atoms with E-state index in [4.69, 9.17) is 9.72 Å². The number of hydrogen-bond donors (Lipinski definition) is 3. The van der Waals surface area contributed by atoms with Gasteiger partial charge in [0.15, 0.2) is 0 Å². The van der Waals surface area contributed by atoms with Crippen molar-refractivity contribution < 1.29 is 14.6 Å². The molecule has 0 saturated heterocycles. The molecule has 1 aliphatic carbocycles. The highest BCUT2D eigenvalue weighted by molar-refractivity contribution is 5.95. The minimum absolute atomic E-state index is 0.302. The Balaban J connectivity index is 1.36. The third kappa shape index (κ3) is 3.77. The number of hydrogen-bond acceptors (Lipinski definition) is 8. The zero-order valence-electron chi connectivity index (χ0n) is 20.2. The van der Waals surface area contributed by atoms with Gasteiger partial charge in [0.25, 0.3) is 0 Å². The van der Waals surface area contributed by atoms with Crippen molar-refractivity contribution in [2.75, 3.05) is 10.6 Å². The summed E-state index contributed by atoms with van der Waals surface area (Å²) in [5.41, 5.74) is 5.24. The molecule has 0 bridgehead atoms. The van der Waals surface area contributed by atoms with Gasteiger partial charge in [-0.2, -0.15) is 10.1 Å². The molecule has 6 rings (SSSR count). The number of carbonyl (C=O) groups excluding carboxylic acids is 1. The van der Waals surface area contributed by atoms with Crippen LogP contribution in [-0.4, -0.2) is 36.9 Å². The molecule has 9 nitrogen and oxygen atoms in total. The van der Waals surface area contributed by atoms with Crippen LogP contribution < -0.4 is 10.6 Å². The van der Waals surface area contributed by atoms with Crippen LogP contribution in [0, 0.1) is 0 Å². The number of nitrogens with zero attached hydrogens (tertiary/aromatic N) is 4. The number of anilines is 3. The van der Waals surface area contributed by atoms with E-state index in [0.717, 1.165) is 33.5 Å². The number of esters is 1. The lowest BCUT2D eigenvalue weighted by atomic mass is 9.95. The topological polar surface area (TPSA) is 114 Å². The summed E-state index contributed by atoms with van der Waals surface area (Å²) < 4.78 is 7.21. The number of aryl methyl sites for hydroxylation is 1. The highest BCUT2D eigenvalue weighted by Crippen LogP contribution is 2.39. The van der Waals surface area contributed by atoms with E-state index in [1.165, 1.54) is 0 Å². The largest absolute Gasteiger partial charge is 0.451 e. The maximum atomic E-state index is 12.1. The van der Waals surface area contributed by atoms with Gasteiger partial charge in [-0.15, -0.1) is 0 Å². The van der Waals surface area contributed by atoms with Crippen LogP contribution >= 0.6 is 0 Å². The third-order valence-electron chi connectivity index (χ3n) is 6.79. The molecule has 36 heavy (non-hydrogen) atoms. The lowest BCUT2D eigenvalue weighted by Gasteiger charge is -2.21. The second-order valence-electron chi connectivity index (χ2n) is 9.74. The van der Waals surface area contributed by atoms with Crippen molar-refractivity contribution in [1.29, 1.82) is 0 Å². The zero-order chi connectivity index (χ0) is 25.0. The predicted octanol–water partition coefficient (Wildman–Crippen LogP) is 4.10. The zero-order valence-corrected chi connectivity index (χ0v) is 20.2. The van der Waals surface area contributed by atoms with Crippen molar-refractivity contribution in [2.24, 2.45) is 7.05 Å². The third-order valence-corrected chi connectivity index (χ3v) is 6.79. The van der Waals surface area contributed by atoms with Gasteiger partial charge in [-0.05, 0) is 43.2 Å². The van der Waals surface area contributed by atoms with Crippen LogP contribution in [0.2, 0.25) is 0 Å². The number of cyclic esters (lactones) is 1. The molecular formula is C27H26N6O3. The van der Waals surface area contributed by atoms with Gasteiger partial charge in [0.1, 0.15) is 11.4 Å². The Morgan fingerprint density at radius 2 is 1.97 bits per heavy atom. The molecule has 2 aliphatic rings. The van der Waals surface area contributed by atoms with Crippen LogP contribution in [0.3, 0.4) is 0 Å². The first-order valence-electron chi connectivity index (χ1n) is 11.8. The first kappa shape index (κ1) is 22.2. The summed E-state index contributed by atoms with van der Waals surface area (Å²) in [6.07, 6.45) is 5.40. The monoisotopic (exact) mass is 482 g/mol. The molecular weight excluding hydrogens is 456 g/mol. The van der Waals surface area contributed by atoms with E-state index in [1.807, 2.05) is 63.5 Å². The average Bonchev–Trinajstić information content (AvgIpc) is 3.48. The van der Waals surface area contributed by atoms with Crippen molar-refractivity contribution in [3.05, 3.63) is 83.3 Å². The van der Waals surface area contributed by atoms with Crippen LogP contribution in [0.4, 0.5) is 17.5 Å². The van der Waals surface area contributed by atoms with Gasteiger partial charge < -0.3 is 20.5 Å². The summed E-state index contributed by atoms with van der Waals surface area (Å²) in [6, 6.07) is 13.2. The molecule has 1 aliphatic heterocycles. The molecule has 0 fully saturated rings. The number of nitrogens with one attached hydrogen (secondary N) is 2. The smallest absolute Gasteiger partial charge is 0.339 e. The summed E-state index contributed by atoms with van der Waals surface area (Å²) in [4.78, 5) is 21.5. The molecule has 0 radical (unpaired) electrons. The fourth-order valence-electron chi connectivity index (χ4n) is 4.99. The fourth-order valence-corrected chi connectivity index (χ4v) is 4.99. The molecule has 0 spiro atoms. The summed E-state index contributed by atoms with van der Waals surface area (Å²) in [5, 5.41) is 21.8. The van der Waals surface area contributed by atoms with E-state index in [2.05, 4.69) is 20.7 Å². The second-order valence-corrected chi connectivity index (χ2v) is 9.74. The molecule has 2 aromatic carbocycles. The Morgan fingerprint density at radius 3 is 2.78 bits per heavy atom. The molecule has 0 amide bonds. The van der Waals surface area contributed by atoms with Gasteiger partial charge in [0.05, 0.1) is 23.9 Å². The Kier molecular flexibility index (Phi) is 5.04. The van der Waals surface area contributed by atoms with Gasteiger partial charge in [-0.25, -0.2) is 9.78 Å². The number of ether oxygens (including phenoxy) is 1. The van der Waals surface area contributed by atoms with Gasteiger partial charge >= 0.3 is 5.97 Å². The first-order chi connectivity index (χ1) is 17.3. The van der Waals surface area contributed by atoms with Crippen molar-refractivity contribution >= 4 is 23.4 Å². The summed E-state index contributed by atoms with van der Waals surface area (Å²) in [6.45, 7) is 3.74. The number of aliphatic hydroxyl groups excluding tert-OH is 1. The fraction of sp³-hybridized carbons (Fsp3) is 0.259. The normalized spacial score (nSPS) is 19.5. The predicted molar refractivity (Wildman–Crippen MR) is 135 cm³/mol. The lowest BCUT2D eigenvalue weighted by molar-refractivity contribution is 0.00954. The Bertz CT molecular complexity index is 1490. The number of aliphatic hydroxyl groups is 1. The van der Waals surface area contributed by atoms with Gasteiger partial charge in [-0.3, -0.25) is 4.68 Å². The highest BCUT2D eigenvalue weighted by Gasteiger charge is 2.38. The van der Waals surface area contributed by atoms with Gasteiger partial charge in [0.2, 0.25) is 5.95 Å². The number of rotatable bonds is 5. The number of fused-ring (bicyclic) bond motifs is 2. The van der Waals surface area contributed by atoms with E-state index in [-0.39, 0.29) is 12.0 Å². The Labute approximate surface area is 208 Å². The lowest BCUT2D eigenvalue weighted by Crippen LogP contribution is -2.22. The average molecular weight is 483 g/mol. The SMILES string of the molecule is Cn1cc(-c2cnc(Nc3ccc4c(c3)C(C)(C)OC4=O)nc2N[C@H]2c3ccccc3C[C@H]2O)cn1. The quantitative estimate of drug-likeness (QED) is 0.365. The highest BCUT2D eigenvalue weighted by atomic mass is 16.6. The minimum atomic E-state index is -0.701. The van der Waals surface area contributed by atoms with E-state index in [0.29, 0.717) is 23.8 Å². The molecule has 3 heterocycles. The van der Waals surface area contributed by atoms with E-state index in [1.54, 1.807) is 23.1 Å². The molecule has 3 N–H and O–H groups in total. The Hall–Kier alpha value is -4.24. The van der Waals surface area contributed by atoms with Crippen LogP contribution in [0.15, 0.2) is 61.1 Å². The van der Waals surface area contributed by atoms with E-state index >= 15 is 0 Å². The van der Waals surface area contributed by atoms with E-state index < -0.39 is 11.7 Å². The van der Waals surface area contributed by atoms with Crippen LogP contribution in [0.25, 0.3) is 11.1 Å². The number of aromatic nitrogens is 4. The molecule has 0 unspecified atom stereocenters. The van der Waals surface area contributed by atoms with Gasteiger partial charge in [0, 0.05) is 48.2 Å². The standard InChI is InChI=1S/C27H26N6O3/c1-27(2)21-11-17(8-9-19(21)25(35)36-27)30-26-28-13-20(16-12-29-33(3)14-16)24(32-26)31-23-18-7-5-4-6-15(18)10-22(23)34/h4-9,11-14,22-23,34H,10H2,1-3H3,(H2,28,30,31,32)/t22-,23+/m1/s1. The van der Waals surface area contributed by atoms with E-state index in [9.17, 15) is 9.90 Å². The summed E-state index contributed by atoms with van der Waals surface area (Å²) in [7, 11) is 1.86. The first-order valence-corrected chi connectivity index (χ1v) is 11.8. The van der Waals surface area contributed by atoms with Crippen molar-refractivity contribution in [3.8, 4) is 11.1 Å². The van der Waals surface area contributed by atoms with Crippen molar-refractivity contribution in [3.63, 3.8) is 0 Å². The maximum Gasteiger partial charge on any atom is 0.339 e. The Morgan fingerprint density at radius 1 is 1.14 bits per heavy atom. The molecule has 2 atom stereocenters. The van der Waals surface area contributed by atoms with Crippen molar-refractivity contribution in [1.82, 2.24) is 19.7 Å². The van der Waals surface area contributed by atoms with Crippen LogP contribution in [-0.2, 0) is 23.8 Å². The molecule has 2 aromatic heterocycles. The van der Waals surface area contributed by atoms with Crippen LogP contribution in [0.1, 0.15) is 46.9 Å². The number of benzene rings is 2. The second kappa shape index (κ2) is 8.17. The molecule has 182 valence electrons. The minimum Gasteiger partial charge on any atom is -0.451 e. The van der Waals surface area contributed by atoms with Crippen LogP contribution in [0.5, 0.6) is 0 Å². The molecule has 0 saturated carbocycles. The number of carbonyl (C=O) groups is 1. The summed E-state index contributed by atoms with van der Waals surface area (Å²) >= 11 is 0.